The van der Waals surface area contributed by atoms with E-state index in [9.17, 15) is 14.0 Å². The van der Waals surface area contributed by atoms with Gasteiger partial charge in [-0.2, -0.15) is 5.10 Å². The predicted molar refractivity (Wildman–Crippen MR) is 93.7 cm³/mol. The first kappa shape index (κ1) is 18.1. The van der Waals surface area contributed by atoms with Crippen molar-refractivity contribution >= 4 is 11.9 Å². The van der Waals surface area contributed by atoms with E-state index in [2.05, 4.69) is 10.4 Å². The number of halogens is 1. The molecule has 0 saturated heterocycles. The van der Waals surface area contributed by atoms with Gasteiger partial charge < -0.3 is 10.1 Å². The van der Waals surface area contributed by atoms with E-state index in [4.69, 9.17) is 4.74 Å². The second-order valence-corrected chi connectivity index (χ2v) is 6.32. The number of fused-ring (bicyclic) bond motifs is 1. The lowest BCUT2D eigenvalue weighted by Crippen LogP contribution is -2.40. The van der Waals surface area contributed by atoms with Crippen LogP contribution in [-0.2, 0) is 22.4 Å². The maximum atomic E-state index is 13.2. The van der Waals surface area contributed by atoms with Crippen LogP contribution in [0.2, 0.25) is 0 Å². The highest BCUT2D eigenvalue weighted by molar-refractivity contribution is 5.96. The molecule has 7 heteroatoms. The molecule has 1 atom stereocenters. The Labute approximate surface area is 151 Å². The fraction of sp³-hybridized carbons (Fsp3) is 0.421. The zero-order valence-electron chi connectivity index (χ0n) is 14.9. The summed E-state index contributed by atoms with van der Waals surface area (Å²) in [5.74, 6) is -1.20. The summed E-state index contributed by atoms with van der Waals surface area (Å²) in [4.78, 5) is 24.4. The molecule has 1 aromatic carbocycles. The van der Waals surface area contributed by atoms with Crippen LogP contribution in [-0.4, -0.2) is 34.3 Å². The summed E-state index contributed by atoms with van der Waals surface area (Å²) >= 11 is 0. The molecule has 1 N–H and O–H groups in total. The Morgan fingerprint density at radius 3 is 2.65 bits per heavy atom. The van der Waals surface area contributed by atoms with Crippen molar-refractivity contribution in [2.45, 2.75) is 45.6 Å². The van der Waals surface area contributed by atoms with Gasteiger partial charge in [-0.15, -0.1) is 0 Å². The summed E-state index contributed by atoms with van der Waals surface area (Å²) in [6.45, 7) is 3.56. The van der Waals surface area contributed by atoms with Gasteiger partial charge in [0.2, 0.25) is 0 Å². The van der Waals surface area contributed by atoms with Crippen LogP contribution in [0.1, 0.15) is 48.4 Å². The van der Waals surface area contributed by atoms with Crippen LogP contribution >= 0.6 is 0 Å². The smallest absolute Gasteiger partial charge is 0.328 e. The van der Waals surface area contributed by atoms with E-state index in [-0.39, 0.29) is 12.4 Å². The van der Waals surface area contributed by atoms with Gasteiger partial charge in [0.1, 0.15) is 11.9 Å². The second kappa shape index (κ2) is 7.68. The van der Waals surface area contributed by atoms with Crippen molar-refractivity contribution in [2.75, 3.05) is 6.61 Å². The maximum absolute atomic E-state index is 13.2. The van der Waals surface area contributed by atoms with Crippen LogP contribution in [0.25, 0.3) is 5.69 Å². The van der Waals surface area contributed by atoms with Gasteiger partial charge in [-0.05, 0) is 63.8 Å². The zero-order valence-corrected chi connectivity index (χ0v) is 14.9. The average molecular weight is 359 g/mol. The molecule has 0 fully saturated rings. The molecule has 0 aliphatic heterocycles. The second-order valence-electron chi connectivity index (χ2n) is 6.32. The third-order valence-electron chi connectivity index (χ3n) is 4.45. The maximum Gasteiger partial charge on any atom is 0.328 e. The molecule has 1 aromatic heterocycles. The molecule has 26 heavy (non-hydrogen) atoms. The fourth-order valence-corrected chi connectivity index (χ4v) is 3.17. The van der Waals surface area contributed by atoms with Crippen molar-refractivity contribution in [1.82, 2.24) is 15.1 Å². The molecule has 0 radical (unpaired) electrons. The first-order valence-corrected chi connectivity index (χ1v) is 8.85. The highest BCUT2D eigenvalue weighted by Crippen LogP contribution is 2.27. The molecule has 1 aliphatic rings. The van der Waals surface area contributed by atoms with E-state index in [0.29, 0.717) is 11.4 Å². The molecule has 0 saturated carbocycles. The van der Waals surface area contributed by atoms with E-state index in [1.807, 2.05) is 0 Å². The number of nitrogens with zero attached hydrogens (tertiary/aromatic N) is 2. The summed E-state index contributed by atoms with van der Waals surface area (Å²) < 4.78 is 19.8. The van der Waals surface area contributed by atoms with Gasteiger partial charge in [0.25, 0.3) is 5.91 Å². The van der Waals surface area contributed by atoms with Crippen molar-refractivity contribution in [3.05, 3.63) is 47.0 Å². The van der Waals surface area contributed by atoms with E-state index in [1.165, 1.54) is 12.1 Å². The summed E-state index contributed by atoms with van der Waals surface area (Å²) in [5, 5.41) is 7.14. The van der Waals surface area contributed by atoms with Gasteiger partial charge >= 0.3 is 5.97 Å². The molecular weight excluding hydrogens is 337 g/mol. The van der Waals surface area contributed by atoms with Crippen LogP contribution in [0.15, 0.2) is 24.3 Å². The molecule has 1 amide bonds. The molecule has 138 valence electrons. The Kier molecular flexibility index (Phi) is 5.35. The minimum absolute atomic E-state index is 0.258. The molecule has 1 unspecified atom stereocenters. The van der Waals surface area contributed by atoms with Gasteiger partial charge in [0.05, 0.1) is 12.3 Å². The lowest BCUT2D eigenvalue weighted by Gasteiger charge is -2.15. The number of esters is 1. The van der Waals surface area contributed by atoms with Crippen LogP contribution in [0.3, 0.4) is 0 Å². The minimum Gasteiger partial charge on any atom is -0.464 e. The minimum atomic E-state index is -0.752. The summed E-state index contributed by atoms with van der Waals surface area (Å²) in [5.41, 5.74) is 2.90. The van der Waals surface area contributed by atoms with Crippen molar-refractivity contribution < 1.29 is 18.7 Å². The number of ether oxygens (including phenoxy) is 1. The first-order valence-electron chi connectivity index (χ1n) is 8.85. The number of rotatable bonds is 5. The first-order chi connectivity index (χ1) is 12.5. The van der Waals surface area contributed by atoms with Gasteiger partial charge in [-0.3, -0.25) is 4.79 Å². The Morgan fingerprint density at radius 1 is 1.27 bits per heavy atom. The van der Waals surface area contributed by atoms with E-state index in [0.717, 1.165) is 36.9 Å². The number of benzene rings is 1. The third kappa shape index (κ3) is 3.61. The number of hydrogen-bond acceptors (Lipinski definition) is 4. The fourth-order valence-electron chi connectivity index (χ4n) is 3.17. The summed E-state index contributed by atoms with van der Waals surface area (Å²) in [7, 11) is 0. The van der Waals surface area contributed by atoms with Gasteiger partial charge in [0.15, 0.2) is 5.69 Å². The SMILES string of the molecule is CCOC(=O)C(C)NC(=O)c1nn(-c2ccc(F)cc2)c2c1CCCC2. The highest BCUT2D eigenvalue weighted by atomic mass is 19.1. The van der Waals surface area contributed by atoms with Gasteiger partial charge in [-0.25, -0.2) is 13.9 Å². The Bertz CT molecular complexity index is 814. The average Bonchev–Trinajstić information content (AvgIpc) is 3.02. The molecule has 6 nitrogen and oxygen atoms in total. The number of hydrogen-bond donors (Lipinski definition) is 1. The van der Waals surface area contributed by atoms with Crippen molar-refractivity contribution in [3.8, 4) is 5.69 Å². The molecule has 1 heterocycles. The van der Waals surface area contributed by atoms with Crippen molar-refractivity contribution in [2.24, 2.45) is 0 Å². The van der Waals surface area contributed by atoms with Crippen LogP contribution < -0.4 is 5.32 Å². The number of aromatic nitrogens is 2. The zero-order chi connectivity index (χ0) is 18.7. The molecule has 0 bridgehead atoms. The van der Waals surface area contributed by atoms with Gasteiger partial charge in [0, 0.05) is 11.3 Å². The summed E-state index contributed by atoms with van der Waals surface area (Å²) in [6, 6.07) is 5.27. The Morgan fingerprint density at radius 2 is 1.96 bits per heavy atom. The Hall–Kier alpha value is -2.70. The molecule has 3 rings (SSSR count). The Balaban J connectivity index is 1.91. The van der Waals surface area contributed by atoms with Crippen molar-refractivity contribution in [1.29, 1.82) is 0 Å². The highest BCUT2D eigenvalue weighted by Gasteiger charge is 2.27. The van der Waals surface area contributed by atoms with Gasteiger partial charge in [-0.1, -0.05) is 0 Å². The van der Waals surface area contributed by atoms with E-state index in [1.54, 1.807) is 30.7 Å². The van der Waals surface area contributed by atoms with Crippen LogP contribution in [0, 0.1) is 5.82 Å². The monoisotopic (exact) mass is 359 g/mol. The topological polar surface area (TPSA) is 73.2 Å². The molecular formula is C19H22FN3O3. The van der Waals surface area contributed by atoms with Crippen LogP contribution in [0.5, 0.6) is 0 Å². The third-order valence-corrected chi connectivity index (χ3v) is 4.45. The standard InChI is InChI=1S/C19H22FN3O3/c1-3-26-19(25)12(2)21-18(24)17-15-6-4-5-7-16(15)23(22-17)14-10-8-13(20)9-11-14/h8-12H,3-7H2,1-2H3,(H,21,24). The number of carbonyl (C=O) groups excluding carboxylic acids is 2. The quantitative estimate of drug-likeness (QED) is 0.833. The van der Waals surface area contributed by atoms with E-state index < -0.39 is 17.9 Å². The molecule has 0 spiro atoms. The predicted octanol–water partition coefficient (Wildman–Crippen LogP) is 2.57. The van der Waals surface area contributed by atoms with Crippen LogP contribution in [0.4, 0.5) is 4.39 Å². The lowest BCUT2D eigenvalue weighted by atomic mass is 9.95. The largest absolute Gasteiger partial charge is 0.464 e. The molecule has 1 aliphatic carbocycles. The van der Waals surface area contributed by atoms with E-state index >= 15 is 0 Å². The number of amides is 1. The van der Waals surface area contributed by atoms with Crippen molar-refractivity contribution in [3.63, 3.8) is 0 Å². The normalized spacial score (nSPS) is 14.4. The number of nitrogens with one attached hydrogen (secondary N) is 1. The lowest BCUT2D eigenvalue weighted by molar-refractivity contribution is -0.144. The number of carbonyl (C=O) groups is 2. The summed E-state index contributed by atoms with van der Waals surface area (Å²) in [6.07, 6.45) is 3.56. The molecule has 2 aromatic rings.